The van der Waals surface area contributed by atoms with Crippen molar-refractivity contribution in [2.45, 2.75) is 40.9 Å². The van der Waals surface area contributed by atoms with Crippen LogP contribution in [0.3, 0.4) is 0 Å². The summed E-state index contributed by atoms with van der Waals surface area (Å²) < 4.78 is 58.4. The molecule has 0 saturated heterocycles. The largest absolute Gasteiger partial charge is 0.422 e. The lowest BCUT2D eigenvalue weighted by molar-refractivity contribution is -0.660. The van der Waals surface area contributed by atoms with Gasteiger partial charge in [-0.25, -0.2) is 8.97 Å². The summed E-state index contributed by atoms with van der Waals surface area (Å²) in [5.74, 6) is 0.216. The minimum atomic E-state index is -2.47. The van der Waals surface area contributed by atoms with Gasteiger partial charge in [0.05, 0.1) is 11.1 Å². The molecule has 26 heavy (non-hydrogen) atoms. The number of aromatic nitrogens is 4. The number of aryl methyl sites for hydroxylation is 3. The molecule has 0 spiro atoms. The molecule has 0 bridgehead atoms. The second-order valence-electron chi connectivity index (χ2n) is 7.63. The van der Waals surface area contributed by atoms with E-state index in [-0.39, 0.29) is 23.3 Å². The van der Waals surface area contributed by atoms with Crippen LogP contribution in [0.5, 0.6) is 0 Å². The van der Waals surface area contributed by atoms with E-state index >= 15 is 0 Å². The highest BCUT2D eigenvalue weighted by Gasteiger charge is 2.21. The van der Waals surface area contributed by atoms with Crippen molar-refractivity contribution in [2.24, 2.45) is 12.5 Å². The van der Waals surface area contributed by atoms with Gasteiger partial charge in [-0.2, -0.15) is 0 Å². The van der Waals surface area contributed by atoms with E-state index in [2.05, 4.69) is 10.2 Å². The standard InChI is InChI=1S/C21H25N4O/c1-13-7-18-19(26-20-23-22-12-25(18)20)9-16(13)17-8-15(10-21(3,4)5)14(2)11-24(17)6/h7-9,11-12H,10H2,1-6H3/q+1/i2D3,10D2,12D. The summed E-state index contributed by atoms with van der Waals surface area (Å²) in [5, 5.41) is 7.57. The Balaban J connectivity index is 2.02. The number of hydrogen-bond acceptors (Lipinski definition) is 3. The third-order valence-electron chi connectivity index (χ3n) is 4.28. The van der Waals surface area contributed by atoms with Crippen molar-refractivity contribution in [3.8, 4) is 11.3 Å². The first-order valence-electron chi connectivity index (χ1n) is 11.4. The zero-order valence-electron chi connectivity index (χ0n) is 21.5. The number of hydrogen-bond donors (Lipinski definition) is 0. The molecule has 0 aliphatic heterocycles. The van der Waals surface area contributed by atoms with Crippen LogP contribution in [-0.4, -0.2) is 14.6 Å². The van der Waals surface area contributed by atoms with Gasteiger partial charge in [0.1, 0.15) is 14.7 Å². The molecule has 1 aromatic carbocycles. The normalized spacial score (nSPS) is 16.8. The van der Waals surface area contributed by atoms with Crippen LogP contribution in [-0.2, 0) is 13.4 Å². The van der Waals surface area contributed by atoms with Crippen molar-refractivity contribution < 1.29 is 17.2 Å². The lowest BCUT2D eigenvalue weighted by Gasteiger charge is -2.19. The Labute approximate surface area is 161 Å². The van der Waals surface area contributed by atoms with Crippen LogP contribution in [0.2, 0.25) is 0 Å². The van der Waals surface area contributed by atoms with Crippen LogP contribution in [0.15, 0.2) is 35.1 Å². The quantitative estimate of drug-likeness (QED) is 0.507. The van der Waals surface area contributed by atoms with Crippen molar-refractivity contribution in [3.05, 3.63) is 47.4 Å². The smallest absolute Gasteiger partial charge is 0.327 e. The summed E-state index contributed by atoms with van der Waals surface area (Å²) in [4.78, 5) is 0. The lowest BCUT2D eigenvalue weighted by Crippen LogP contribution is -2.32. The summed E-state index contributed by atoms with van der Waals surface area (Å²) >= 11 is 0. The molecule has 3 aromatic heterocycles. The first kappa shape index (κ1) is 11.1. The monoisotopic (exact) mass is 355 g/mol. The van der Waals surface area contributed by atoms with Gasteiger partial charge in [0, 0.05) is 18.5 Å². The molecule has 0 saturated carbocycles. The van der Waals surface area contributed by atoms with Gasteiger partial charge in [-0.3, -0.25) is 0 Å². The SMILES string of the molecule is [2H]c1nnc2oc3cc(-c4cc(C([2H])([2H])C(C)(C)C)c(C([2H])([2H])[2H])c[n+]4C)c(C)cc3n12. The number of nitrogens with zero attached hydrogens (tertiary/aromatic N) is 4. The molecule has 3 heterocycles. The molecule has 0 aliphatic rings. The highest BCUT2D eigenvalue weighted by molar-refractivity contribution is 5.83. The Bertz CT molecular complexity index is 1360. The van der Waals surface area contributed by atoms with Gasteiger partial charge in [-0.05, 0) is 48.8 Å². The number of rotatable bonds is 2. The molecule has 0 N–H and O–H groups in total. The van der Waals surface area contributed by atoms with E-state index in [0.717, 1.165) is 11.1 Å². The molecule has 5 nitrogen and oxygen atoms in total. The van der Waals surface area contributed by atoms with Crippen molar-refractivity contribution in [1.82, 2.24) is 14.6 Å². The molecule has 0 fully saturated rings. The molecule has 0 aliphatic carbocycles. The Hall–Kier alpha value is -2.69. The van der Waals surface area contributed by atoms with E-state index in [1.54, 1.807) is 44.5 Å². The molecule has 0 radical (unpaired) electrons. The summed E-state index contributed by atoms with van der Waals surface area (Å²) in [7, 11) is 1.74. The van der Waals surface area contributed by atoms with Crippen molar-refractivity contribution >= 4 is 16.9 Å². The number of pyridine rings is 1. The fraction of sp³-hybridized carbons (Fsp3) is 0.381. The van der Waals surface area contributed by atoms with E-state index in [9.17, 15) is 0 Å². The third-order valence-corrected chi connectivity index (χ3v) is 4.28. The Morgan fingerprint density at radius 1 is 1.31 bits per heavy atom. The van der Waals surface area contributed by atoms with E-state index in [1.165, 1.54) is 10.6 Å². The maximum atomic E-state index is 8.78. The van der Waals surface area contributed by atoms with E-state index in [4.69, 9.17) is 12.6 Å². The summed E-state index contributed by atoms with van der Waals surface area (Å²) in [6.07, 6.45) is -0.431. The highest BCUT2D eigenvalue weighted by atomic mass is 16.4. The van der Waals surface area contributed by atoms with Crippen molar-refractivity contribution in [2.75, 3.05) is 0 Å². The van der Waals surface area contributed by atoms with E-state index < -0.39 is 18.6 Å². The van der Waals surface area contributed by atoms with Gasteiger partial charge >= 0.3 is 5.84 Å². The number of benzene rings is 1. The van der Waals surface area contributed by atoms with Gasteiger partial charge in [0.25, 0.3) is 0 Å². The Kier molecular flexibility index (Phi) is 2.42. The van der Waals surface area contributed by atoms with Gasteiger partial charge < -0.3 is 4.42 Å². The fourth-order valence-corrected chi connectivity index (χ4v) is 3.15. The maximum absolute atomic E-state index is 8.78. The predicted molar refractivity (Wildman–Crippen MR) is 102 cm³/mol. The molecule has 4 aromatic rings. The highest BCUT2D eigenvalue weighted by Crippen LogP contribution is 2.30. The first-order chi connectivity index (χ1) is 14.6. The summed E-state index contributed by atoms with van der Waals surface area (Å²) in [6, 6.07) is 5.30. The second-order valence-corrected chi connectivity index (χ2v) is 7.63. The average molecular weight is 355 g/mol. The maximum Gasteiger partial charge on any atom is 0.327 e. The molecule has 134 valence electrons. The zero-order chi connectivity index (χ0) is 23.8. The van der Waals surface area contributed by atoms with Crippen molar-refractivity contribution in [1.29, 1.82) is 0 Å². The van der Waals surface area contributed by atoms with Gasteiger partial charge in [-0.1, -0.05) is 25.9 Å². The van der Waals surface area contributed by atoms with Gasteiger partial charge in [0.2, 0.25) is 5.69 Å². The predicted octanol–water partition coefficient (Wildman–Crippen LogP) is 4.17. The number of oxazole rings is 1. The first-order valence-corrected chi connectivity index (χ1v) is 8.43. The molecular formula is C21H25N4O+. The summed E-state index contributed by atoms with van der Waals surface area (Å²) in [6.45, 7) is 4.70. The number of fused-ring (bicyclic) bond motifs is 3. The molecule has 4 rings (SSSR count). The molecule has 0 unspecified atom stereocenters. The molecule has 0 atom stereocenters. The van der Waals surface area contributed by atoms with Gasteiger partial charge in [0.15, 0.2) is 11.8 Å². The van der Waals surface area contributed by atoms with Crippen LogP contribution in [0.25, 0.3) is 28.2 Å². The van der Waals surface area contributed by atoms with Crippen LogP contribution in [0.4, 0.5) is 0 Å². The Morgan fingerprint density at radius 2 is 2.12 bits per heavy atom. The van der Waals surface area contributed by atoms with Gasteiger partial charge in [-0.15, -0.1) is 5.10 Å². The fourth-order valence-electron chi connectivity index (χ4n) is 3.15. The molecule has 0 amide bonds. The lowest BCUT2D eigenvalue weighted by atomic mass is 9.86. The van der Waals surface area contributed by atoms with Crippen LogP contribution in [0, 0.1) is 19.2 Å². The van der Waals surface area contributed by atoms with Crippen molar-refractivity contribution in [3.63, 3.8) is 0 Å². The average Bonchev–Trinajstić information content (AvgIpc) is 3.18. The molecular weight excluding hydrogens is 324 g/mol. The van der Waals surface area contributed by atoms with E-state index in [0.29, 0.717) is 16.8 Å². The van der Waals surface area contributed by atoms with Crippen LogP contribution < -0.4 is 4.57 Å². The minimum absolute atomic E-state index is 0.0104. The third kappa shape index (κ3) is 2.77. The zero-order valence-corrected chi connectivity index (χ0v) is 15.5. The Morgan fingerprint density at radius 3 is 2.85 bits per heavy atom. The van der Waals surface area contributed by atoms with Crippen LogP contribution in [0.1, 0.15) is 45.7 Å². The van der Waals surface area contributed by atoms with Crippen LogP contribution >= 0.6 is 0 Å². The minimum Gasteiger partial charge on any atom is -0.422 e. The topological polar surface area (TPSA) is 47.2 Å². The summed E-state index contributed by atoms with van der Waals surface area (Å²) in [5.41, 5.74) is 2.74. The molecule has 5 heteroatoms. The second kappa shape index (κ2) is 5.66. The van der Waals surface area contributed by atoms with E-state index in [1.807, 2.05) is 13.0 Å².